The molecule has 0 radical (unpaired) electrons. The van der Waals surface area contributed by atoms with Crippen molar-refractivity contribution in [1.29, 1.82) is 0 Å². The van der Waals surface area contributed by atoms with E-state index in [9.17, 15) is 4.79 Å². The van der Waals surface area contributed by atoms with Crippen molar-refractivity contribution in [1.82, 2.24) is 10.1 Å². The molecule has 0 fully saturated rings. The second kappa shape index (κ2) is 3.40. The van der Waals surface area contributed by atoms with E-state index in [1.54, 1.807) is 0 Å². The molecule has 0 unspecified atom stereocenters. The molecule has 88 valence electrons. The first kappa shape index (κ1) is 10.8. The van der Waals surface area contributed by atoms with Crippen molar-refractivity contribution in [3.63, 3.8) is 0 Å². The number of nitrogens with two attached hydrogens (primary N) is 1. The molecule has 0 atom stereocenters. The summed E-state index contributed by atoms with van der Waals surface area (Å²) in [7, 11) is 0. The maximum Gasteiger partial charge on any atom is 0.411 e. The largest absolute Gasteiger partial charge is 0.444 e. The van der Waals surface area contributed by atoms with Crippen molar-refractivity contribution >= 4 is 11.9 Å². The zero-order chi connectivity index (χ0) is 11.9. The van der Waals surface area contributed by atoms with E-state index >= 15 is 0 Å². The third-order valence-corrected chi connectivity index (χ3v) is 2.24. The molecule has 1 amide bonds. The molecule has 1 aliphatic heterocycles. The van der Waals surface area contributed by atoms with E-state index in [1.165, 1.54) is 4.90 Å². The van der Waals surface area contributed by atoms with Gasteiger partial charge in [-0.15, -0.1) is 0 Å². The zero-order valence-corrected chi connectivity index (χ0v) is 9.61. The molecule has 0 saturated carbocycles. The normalized spacial score (nSPS) is 15.1. The summed E-state index contributed by atoms with van der Waals surface area (Å²) in [5.41, 5.74) is 5.89. The second-order valence-electron chi connectivity index (χ2n) is 4.81. The van der Waals surface area contributed by atoms with Crippen LogP contribution in [0.25, 0.3) is 0 Å². The van der Waals surface area contributed by atoms with Crippen molar-refractivity contribution in [3.8, 4) is 0 Å². The first-order chi connectivity index (χ1) is 7.37. The van der Waals surface area contributed by atoms with Gasteiger partial charge in [-0.2, -0.15) is 0 Å². The van der Waals surface area contributed by atoms with Crippen LogP contribution in [0.5, 0.6) is 0 Å². The van der Waals surface area contributed by atoms with Crippen LogP contribution in [-0.4, -0.2) is 21.8 Å². The minimum absolute atomic E-state index is 0.348. The molecule has 2 heterocycles. The third-order valence-electron chi connectivity index (χ3n) is 2.24. The number of fused-ring (bicyclic) bond motifs is 1. The third kappa shape index (κ3) is 1.95. The van der Waals surface area contributed by atoms with Crippen molar-refractivity contribution in [3.05, 3.63) is 11.3 Å². The lowest BCUT2D eigenvalue weighted by Gasteiger charge is -2.23. The number of ether oxygens (including phenoxy) is 1. The van der Waals surface area contributed by atoms with Crippen LogP contribution < -0.4 is 5.73 Å². The highest BCUT2D eigenvalue weighted by Crippen LogP contribution is 2.28. The summed E-state index contributed by atoms with van der Waals surface area (Å²) >= 11 is 0. The van der Waals surface area contributed by atoms with Crippen LogP contribution in [0.4, 0.5) is 10.6 Å². The second-order valence-corrected chi connectivity index (χ2v) is 4.81. The maximum absolute atomic E-state index is 11.7. The Labute approximate surface area is 93.3 Å². The summed E-state index contributed by atoms with van der Waals surface area (Å²) in [6.07, 6.45) is -0.363. The van der Waals surface area contributed by atoms with Crippen LogP contribution in [0.2, 0.25) is 0 Å². The van der Waals surface area contributed by atoms with E-state index < -0.39 is 5.60 Å². The smallest absolute Gasteiger partial charge is 0.411 e. The molecule has 16 heavy (non-hydrogen) atoms. The predicted molar refractivity (Wildman–Crippen MR) is 56.4 cm³/mol. The van der Waals surface area contributed by atoms with Gasteiger partial charge < -0.3 is 15.0 Å². The van der Waals surface area contributed by atoms with Gasteiger partial charge in [0.1, 0.15) is 5.60 Å². The predicted octanol–water partition coefficient (Wildman–Crippen LogP) is 1.51. The molecule has 1 aromatic heterocycles. The van der Waals surface area contributed by atoms with Crippen molar-refractivity contribution in [2.75, 3.05) is 5.73 Å². The summed E-state index contributed by atoms with van der Waals surface area (Å²) < 4.78 is 10.2. The van der Waals surface area contributed by atoms with Gasteiger partial charge in [-0.3, -0.25) is 4.90 Å². The Morgan fingerprint density at radius 3 is 2.75 bits per heavy atom. The van der Waals surface area contributed by atoms with E-state index in [1.807, 2.05) is 20.8 Å². The lowest BCUT2D eigenvalue weighted by Crippen LogP contribution is -2.33. The van der Waals surface area contributed by atoms with Crippen molar-refractivity contribution < 1.29 is 14.1 Å². The van der Waals surface area contributed by atoms with E-state index in [4.69, 9.17) is 15.0 Å². The van der Waals surface area contributed by atoms with Crippen LogP contribution >= 0.6 is 0 Å². The van der Waals surface area contributed by atoms with E-state index in [0.29, 0.717) is 24.7 Å². The Bertz CT molecular complexity index is 419. The Morgan fingerprint density at radius 2 is 2.19 bits per heavy atom. The Hall–Kier alpha value is -1.72. The van der Waals surface area contributed by atoms with Gasteiger partial charge >= 0.3 is 6.09 Å². The van der Waals surface area contributed by atoms with Gasteiger partial charge in [0.15, 0.2) is 11.6 Å². The standard InChI is InChI=1S/C10H15N3O3/c1-10(2,3)15-9(14)13-4-6-7(5-13)16-12-8(6)11/h4-5H2,1-3H3,(H2,11,12). The number of anilines is 1. The van der Waals surface area contributed by atoms with E-state index in [0.717, 1.165) is 5.56 Å². The molecule has 6 heteroatoms. The average Bonchev–Trinajstić information content (AvgIpc) is 2.65. The lowest BCUT2D eigenvalue weighted by molar-refractivity contribution is 0.0231. The minimum atomic E-state index is -0.495. The first-order valence-corrected chi connectivity index (χ1v) is 5.07. The number of aromatic nitrogens is 1. The first-order valence-electron chi connectivity index (χ1n) is 5.07. The van der Waals surface area contributed by atoms with Gasteiger partial charge in [0.25, 0.3) is 0 Å². The highest BCUT2D eigenvalue weighted by atomic mass is 16.6. The topological polar surface area (TPSA) is 81.6 Å². The Balaban J connectivity index is 2.04. The summed E-state index contributed by atoms with van der Waals surface area (Å²) in [6, 6.07) is 0. The van der Waals surface area contributed by atoms with Gasteiger partial charge in [-0.05, 0) is 20.8 Å². The van der Waals surface area contributed by atoms with Crippen LogP contribution in [-0.2, 0) is 17.8 Å². The molecule has 2 N–H and O–H groups in total. The number of nitrogens with zero attached hydrogens (tertiary/aromatic N) is 2. The van der Waals surface area contributed by atoms with E-state index in [-0.39, 0.29) is 6.09 Å². The van der Waals surface area contributed by atoms with Crippen molar-refractivity contribution in [2.24, 2.45) is 0 Å². The van der Waals surface area contributed by atoms with Crippen LogP contribution in [0.3, 0.4) is 0 Å². The van der Waals surface area contributed by atoms with Gasteiger partial charge in [0.05, 0.1) is 18.7 Å². The number of hydrogen-bond acceptors (Lipinski definition) is 5. The number of amides is 1. The quantitative estimate of drug-likeness (QED) is 0.723. The Kier molecular flexibility index (Phi) is 2.29. The number of rotatable bonds is 0. The van der Waals surface area contributed by atoms with Crippen LogP contribution in [0.15, 0.2) is 4.52 Å². The fraction of sp³-hybridized carbons (Fsp3) is 0.600. The van der Waals surface area contributed by atoms with Gasteiger partial charge in [0, 0.05) is 0 Å². The molecule has 0 aromatic carbocycles. The van der Waals surface area contributed by atoms with Gasteiger partial charge in [-0.25, -0.2) is 4.79 Å². The molecule has 1 aliphatic rings. The monoisotopic (exact) mass is 225 g/mol. The number of hydrogen-bond donors (Lipinski definition) is 1. The molecule has 0 aliphatic carbocycles. The fourth-order valence-corrected chi connectivity index (χ4v) is 1.53. The van der Waals surface area contributed by atoms with Crippen LogP contribution in [0.1, 0.15) is 32.1 Å². The summed E-state index contributed by atoms with van der Waals surface area (Å²) in [4.78, 5) is 13.3. The number of carbonyl (C=O) groups excluding carboxylic acids is 1. The highest BCUT2D eigenvalue weighted by Gasteiger charge is 2.32. The SMILES string of the molecule is CC(C)(C)OC(=O)N1Cc2onc(N)c2C1. The lowest BCUT2D eigenvalue weighted by atomic mass is 10.2. The minimum Gasteiger partial charge on any atom is -0.444 e. The van der Waals surface area contributed by atoms with E-state index in [2.05, 4.69) is 5.16 Å². The molecule has 6 nitrogen and oxygen atoms in total. The van der Waals surface area contributed by atoms with Gasteiger partial charge in [0.2, 0.25) is 0 Å². The molecule has 1 aromatic rings. The molecular formula is C10H15N3O3. The van der Waals surface area contributed by atoms with Gasteiger partial charge in [-0.1, -0.05) is 5.16 Å². The molecular weight excluding hydrogens is 210 g/mol. The maximum atomic E-state index is 11.7. The zero-order valence-electron chi connectivity index (χ0n) is 9.61. The molecule has 0 saturated heterocycles. The summed E-state index contributed by atoms with van der Waals surface area (Å²) in [5, 5.41) is 3.63. The number of carbonyl (C=O) groups is 1. The molecule has 2 rings (SSSR count). The summed E-state index contributed by atoms with van der Waals surface area (Å²) in [6.45, 7) is 6.26. The molecule has 0 spiro atoms. The fourth-order valence-electron chi connectivity index (χ4n) is 1.53. The number of nitrogen functional groups attached to an aromatic ring is 1. The Morgan fingerprint density at radius 1 is 1.50 bits per heavy atom. The average molecular weight is 225 g/mol. The summed E-state index contributed by atoms with van der Waals surface area (Å²) in [5.74, 6) is 0.990. The van der Waals surface area contributed by atoms with Crippen LogP contribution in [0, 0.1) is 0 Å². The highest BCUT2D eigenvalue weighted by molar-refractivity contribution is 5.69. The van der Waals surface area contributed by atoms with Crippen molar-refractivity contribution in [2.45, 2.75) is 39.5 Å². The molecule has 0 bridgehead atoms.